The topological polar surface area (TPSA) is 86.8 Å². The molecule has 0 radical (unpaired) electrons. The lowest BCUT2D eigenvalue weighted by molar-refractivity contribution is -0.141. The Kier molecular flexibility index (Phi) is 6.79. The number of likely N-dealkylation sites (N-methyl/N-ethyl adjacent to an activating group) is 1. The minimum atomic E-state index is -0.912. The van der Waals surface area contributed by atoms with Crippen LogP contribution in [0, 0.1) is 23.5 Å². The molecule has 3 rings (SSSR count). The Morgan fingerprint density at radius 2 is 1.67 bits per heavy atom. The van der Waals surface area contributed by atoms with E-state index in [0.717, 1.165) is 25.0 Å². The summed E-state index contributed by atoms with van der Waals surface area (Å²) in [5, 5.41) is 2.14. The number of hydrogen-bond acceptors (Lipinski definition) is 4. The van der Waals surface area contributed by atoms with E-state index >= 15 is 0 Å². The van der Waals surface area contributed by atoms with Gasteiger partial charge in [0.1, 0.15) is 17.3 Å². The standard InChI is InChI=1S/C21H25F2N3O4/c1-2-25(12-17(27)24-19-15(22)8-5-9-16(19)23)18(28)10-11-26-20(29)13-6-3-4-7-14(13)21(26)30/h5,8-9,13-14H,2-4,6-7,10-12H2,1H3,(H,24,27)/t13-,14-/m0/s1. The van der Waals surface area contributed by atoms with E-state index in [-0.39, 0.29) is 43.2 Å². The van der Waals surface area contributed by atoms with Crippen molar-refractivity contribution in [3.63, 3.8) is 0 Å². The average molecular weight is 421 g/mol. The van der Waals surface area contributed by atoms with Gasteiger partial charge in [-0.2, -0.15) is 0 Å². The quantitative estimate of drug-likeness (QED) is 0.685. The SMILES string of the molecule is CCN(CC(=O)Nc1c(F)cccc1F)C(=O)CCN1C(=O)[C@H]2CCCC[C@@H]2C1=O. The fraction of sp³-hybridized carbons (Fsp3) is 0.524. The minimum Gasteiger partial charge on any atom is -0.334 e. The summed E-state index contributed by atoms with van der Waals surface area (Å²) in [5.74, 6) is -3.96. The van der Waals surface area contributed by atoms with Crippen LogP contribution < -0.4 is 5.32 Å². The first-order valence-corrected chi connectivity index (χ1v) is 10.2. The predicted molar refractivity (Wildman–Crippen MR) is 104 cm³/mol. The highest BCUT2D eigenvalue weighted by molar-refractivity contribution is 6.05. The van der Waals surface area contributed by atoms with Gasteiger partial charge in [0.15, 0.2) is 0 Å². The maximum Gasteiger partial charge on any atom is 0.244 e. The van der Waals surface area contributed by atoms with Crippen LogP contribution in [-0.4, -0.2) is 53.1 Å². The Balaban J connectivity index is 1.55. The number of para-hydroxylation sites is 1. The molecular formula is C21H25F2N3O4. The molecule has 2 aliphatic rings. The van der Waals surface area contributed by atoms with Crippen LogP contribution in [-0.2, 0) is 19.2 Å². The monoisotopic (exact) mass is 421 g/mol. The summed E-state index contributed by atoms with van der Waals surface area (Å²) in [4.78, 5) is 52.1. The van der Waals surface area contributed by atoms with E-state index in [1.807, 2.05) is 0 Å². The molecule has 1 N–H and O–H groups in total. The predicted octanol–water partition coefficient (Wildman–Crippen LogP) is 2.32. The van der Waals surface area contributed by atoms with E-state index in [9.17, 15) is 28.0 Å². The van der Waals surface area contributed by atoms with Gasteiger partial charge in [-0.05, 0) is 31.9 Å². The Morgan fingerprint density at radius 3 is 2.20 bits per heavy atom. The molecule has 1 aliphatic heterocycles. The molecule has 1 aromatic carbocycles. The van der Waals surface area contributed by atoms with E-state index in [2.05, 4.69) is 5.32 Å². The van der Waals surface area contributed by atoms with Crippen LogP contribution in [0.1, 0.15) is 39.0 Å². The Labute approximate surface area is 173 Å². The summed E-state index contributed by atoms with van der Waals surface area (Å²) in [6, 6.07) is 3.21. The van der Waals surface area contributed by atoms with Gasteiger partial charge in [-0.1, -0.05) is 18.9 Å². The number of likely N-dealkylation sites (tertiary alicyclic amines) is 1. The number of benzene rings is 1. The molecule has 2 atom stereocenters. The largest absolute Gasteiger partial charge is 0.334 e. The van der Waals surface area contributed by atoms with Gasteiger partial charge < -0.3 is 10.2 Å². The number of carbonyl (C=O) groups excluding carboxylic acids is 4. The van der Waals surface area contributed by atoms with Crippen molar-refractivity contribution in [3.8, 4) is 0 Å². The number of nitrogens with one attached hydrogen (secondary N) is 1. The van der Waals surface area contributed by atoms with Crippen LogP contribution in [0.15, 0.2) is 18.2 Å². The van der Waals surface area contributed by atoms with Crippen LogP contribution >= 0.6 is 0 Å². The van der Waals surface area contributed by atoms with E-state index < -0.39 is 35.7 Å². The van der Waals surface area contributed by atoms with Crippen molar-refractivity contribution >= 4 is 29.3 Å². The second-order valence-electron chi connectivity index (χ2n) is 7.63. The maximum absolute atomic E-state index is 13.7. The molecule has 1 heterocycles. The van der Waals surface area contributed by atoms with Gasteiger partial charge in [-0.3, -0.25) is 24.1 Å². The second-order valence-corrected chi connectivity index (χ2v) is 7.63. The van der Waals surface area contributed by atoms with Crippen molar-refractivity contribution < 1.29 is 28.0 Å². The molecule has 162 valence electrons. The van der Waals surface area contributed by atoms with Crippen molar-refractivity contribution in [2.24, 2.45) is 11.8 Å². The lowest BCUT2D eigenvalue weighted by Crippen LogP contribution is -2.40. The molecule has 9 heteroatoms. The summed E-state index contributed by atoms with van der Waals surface area (Å²) in [6.45, 7) is 1.44. The lowest BCUT2D eigenvalue weighted by atomic mass is 9.81. The number of halogens is 2. The van der Waals surface area contributed by atoms with Crippen LogP contribution in [0.4, 0.5) is 14.5 Å². The van der Waals surface area contributed by atoms with E-state index in [1.54, 1.807) is 6.92 Å². The third kappa shape index (κ3) is 4.49. The van der Waals surface area contributed by atoms with Gasteiger partial charge >= 0.3 is 0 Å². The van der Waals surface area contributed by atoms with E-state index in [4.69, 9.17) is 0 Å². The lowest BCUT2D eigenvalue weighted by Gasteiger charge is -2.22. The molecular weight excluding hydrogens is 396 g/mol. The molecule has 0 unspecified atom stereocenters. The number of fused-ring (bicyclic) bond motifs is 1. The summed E-state index contributed by atoms with van der Waals surface area (Å²) in [7, 11) is 0. The highest BCUT2D eigenvalue weighted by atomic mass is 19.1. The fourth-order valence-electron chi connectivity index (χ4n) is 4.16. The molecule has 2 fully saturated rings. The first kappa shape index (κ1) is 21.9. The Morgan fingerprint density at radius 1 is 1.10 bits per heavy atom. The molecule has 30 heavy (non-hydrogen) atoms. The number of imide groups is 1. The second kappa shape index (κ2) is 9.32. The summed E-state index contributed by atoms with van der Waals surface area (Å²) < 4.78 is 27.4. The number of hydrogen-bond donors (Lipinski definition) is 1. The van der Waals surface area contributed by atoms with Crippen molar-refractivity contribution in [3.05, 3.63) is 29.8 Å². The van der Waals surface area contributed by atoms with Crippen LogP contribution in [0.3, 0.4) is 0 Å². The maximum atomic E-state index is 13.7. The molecule has 7 nitrogen and oxygen atoms in total. The zero-order valence-corrected chi connectivity index (χ0v) is 16.8. The molecule has 1 aliphatic carbocycles. The van der Waals surface area contributed by atoms with E-state index in [1.165, 1.54) is 15.9 Å². The summed E-state index contributed by atoms with van der Waals surface area (Å²) in [5.41, 5.74) is -0.568. The molecule has 1 saturated heterocycles. The van der Waals surface area contributed by atoms with Crippen LogP contribution in [0.5, 0.6) is 0 Å². The van der Waals surface area contributed by atoms with Crippen molar-refractivity contribution in [2.45, 2.75) is 39.0 Å². The van der Waals surface area contributed by atoms with Crippen molar-refractivity contribution in [1.29, 1.82) is 0 Å². The third-order valence-electron chi connectivity index (χ3n) is 5.78. The smallest absolute Gasteiger partial charge is 0.244 e. The molecule has 4 amide bonds. The van der Waals surface area contributed by atoms with Gasteiger partial charge in [-0.25, -0.2) is 8.78 Å². The Bertz CT molecular complexity index is 816. The molecule has 1 saturated carbocycles. The third-order valence-corrected chi connectivity index (χ3v) is 5.78. The number of amides is 4. The van der Waals surface area contributed by atoms with Gasteiger partial charge in [0, 0.05) is 19.5 Å². The normalized spacial score (nSPS) is 20.8. The van der Waals surface area contributed by atoms with Gasteiger partial charge in [-0.15, -0.1) is 0 Å². The highest BCUT2D eigenvalue weighted by Crippen LogP contribution is 2.38. The van der Waals surface area contributed by atoms with Gasteiger partial charge in [0.2, 0.25) is 23.6 Å². The first-order chi connectivity index (χ1) is 14.3. The van der Waals surface area contributed by atoms with Crippen LogP contribution in [0.2, 0.25) is 0 Å². The average Bonchev–Trinajstić information content (AvgIpc) is 2.97. The highest BCUT2D eigenvalue weighted by Gasteiger charge is 2.47. The fourth-order valence-corrected chi connectivity index (χ4v) is 4.16. The zero-order chi connectivity index (χ0) is 21.8. The number of nitrogens with zero attached hydrogens (tertiary/aromatic N) is 2. The van der Waals surface area contributed by atoms with Crippen molar-refractivity contribution in [1.82, 2.24) is 9.80 Å². The van der Waals surface area contributed by atoms with E-state index in [0.29, 0.717) is 12.8 Å². The first-order valence-electron chi connectivity index (χ1n) is 10.2. The number of anilines is 1. The summed E-state index contributed by atoms with van der Waals surface area (Å²) in [6.07, 6.45) is 3.15. The molecule has 0 aromatic heterocycles. The molecule has 1 aromatic rings. The molecule has 0 bridgehead atoms. The number of rotatable bonds is 7. The minimum absolute atomic E-state index is 0.0242. The summed E-state index contributed by atoms with van der Waals surface area (Å²) >= 11 is 0. The Hall–Kier alpha value is -2.84. The van der Waals surface area contributed by atoms with Gasteiger partial charge in [0.05, 0.1) is 18.4 Å². The van der Waals surface area contributed by atoms with Crippen LogP contribution in [0.25, 0.3) is 0 Å². The molecule has 0 spiro atoms. The van der Waals surface area contributed by atoms with Gasteiger partial charge in [0.25, 0.3) is 0 Å². The van der Waals surface area contributed by atoms with Crippen molar-refractivity contribution in [2.75, 3.05) is 25.0 Å². The number of carbonyl (C=O) groups is 4. The zero-order valence-electron chi connectivity index (χ0n) is 16.8.